The van der Waals surface area contributed by atoms with Gasteiger partial charge in [0.2, 0.25) is 10.0 Å². The van der Waals surface area contributed by atoms with Crippen molar-refractivity contribution in [3.63, 3.8) is 0 Å². The molecule has 1 aromatic rings. The number of benzene rings is 1. The molecular formula is C17H25NO5S. The molecule has 0 unspecified atom stereocenters. The Balaban J connectivity index is 2.46. The highest BCUT2D eigenvalue weighted by molar-refractivity contribution is 7.89. The summed E-state index contributed by atoms with van der Waals surface area (Å²) in [6.45, 7) is 5.71. The van der Waals surface area contributed by atoms with Gasteiger partial charge in [-0.2, -0.15) is 4.31 Å². The van der Waals surface area contributed by atoms with E-state index in [1.807, 2.05) is 6.92 Å². The highest BCUT2D eigenvalue weighted by atomic mass is 32.2. The van der Waals surface area contributed by atoms with Gasteiger partial charge in [-0.1, -0.05) is 13.3 Å². The lowest BCUT2D eigenvalue weighted by Gasteiger charge is -2.36. The van der Waals surface area contributed by atoms with Crippen molar-refractivity contribution in [2.24, 2.45) is 5.92 Å². The van der Waals surface area contributed by atoms with Crippen LogP contribution in [0.25, 0.3) is 0 Å². The molecule has 1 fully saturated rings. The first-order valence-corrected chi connectivity index (χ1v) is 9.56. The molecule has 1 N–H and O–H groups in total. The molecular weight excluding hydrogens is 330 g/mol. The largest absolute Gasteiger partial charge is 0.496 e. The van der Waals surface area contributed by atoms with E-state index in [2.05, 4.69) is 0 Å². The number of carboxylic acid groups (broad SMARTS) is 1. The first-order valence-electron chi connectivity index (χ1n) is 8.12. The highest BCUT2D eigenvalue weighted by Crippen LogP contribution is 2.33. The Hall–Kier alpha value is -1.60. The Morgan fingerprint density at radius 3 is 2.54 bits per heavy atom. The van der Waals surface area contributed by atoms with Crippen LogP contribution < -0.4 is 4.74 Å². The predicted molar refractivity (Wildman–Crippen MR) is 90.8 cm³/mol. The average molecular weight is 355 g/mol. The van der Waals surface area contributed by atoms with E-state index in [9.17, 15) is 18.3 Å². The molecule has 24 heavy (non-hydrogen) atoms. The van der Waals surface area contributed by atoms with E-state index in [0.717, 1.165) is 10.7 Å². The summed E-state index contributed by atoms with van der Waals surface area (Å²) in [5.74, 6) is -0.221. The molecule has 6 nitrogen and oxygen atoms in total. The molecule has 1 saturated heterocycles. The molecule has 134 valence electrons. The van der Waals surface area contributed by atoms with E-state index in [0.29, 0.717) is 29.7 Å². The Morgan fingerprint density at radius 2 is 2.00 bits per heavy atom. The molecule has 0 aromatic heterocycles. The summed E-state index contributed by atoms with van der Waals surface area (Å²) in [7, 11) is -2.34. The number of ether oxygens (including phenoxy) is 1. The van der Waals surface area contributed by atoms with Crippen LogP contribution >= 0.6 is 0 Å². The first-order chi connectivity index (χ1) is 11.2. The van der Waals surface area contributed by atoms with Gasteiger partial charge in [-0.05, 0) is 55.9 Å². The average Bonchev–Trinajstić information content (AvgIpc) is 2.55. The number of hydrogen-bond donors (Lipinski definition) is 1. The summed E-state index contributed by atoms with van der Waals surface area (Å²) in [6.07, 6.45) is 1.91. The fourth-order valence-corrected chi connectivity index (χ4v) is 5.19. The summed E-state index contributed by atoms with van der Waals surface area (Å²) < 4.78 is 32.6. The van der Waals surface area contributed by atoms with Gasteiger partial charge >= 0.3 is 5.97 Å². The molecule has 1 aliphatic heterocycles. The second-order valence-electron chi connectivity index (χ2n) is 6.36. The summed E-state index contributed by atoms with van der Waals surface area (Å²) in [5.41, 5.74) is 1.26. The summed E-state index contributed by atoms with van der Waals surface area (Å²) >= 11 is 0. The van der Waals surface area contributed by atoms with Crippen LogP contribution in [0.2, 0.25) is 0 Å². The van der Waals surface area contributed by atoms with Gasteiger partial charge in [0, 0.05) is 6.54 Å². The van der Waals surface area contributed by atoms with Crippen LogP contribution in [-0.4, -0.2) is 43.5 Å². The molecule has 1 aliphatic rings. The standard InChI is InChI=1S/C17H25NO5S/c1-5-13-6-7-18(14(10-13)17(19)20)24(21,22)16-9-11(2)15(23-4)8-12(16)3/h8-9,13-14H,5-7,10H2,1-4H3,(H,19,20)/t13-,14+/m1/s1. The zero-order valence-corrected chi connectivity index (χ0v) is 15.4. The van der Waals surface area contributed by atoms with Crippen molar-refractivity contribution in [3.05, 3.63) is 23.3 Å². The zero-order chi connectivity index (χ0) is 18.1. The van der Waals surface area contributed by atoms with Crippen molar-refractivity contribution in [2.75, 3.05) is 13.7 Å². The Kier molecular flexibility index (Phi) is 5.55. The molecule has 0 radical (unpaired) electrons. The molecule has 0 saturated carbocycles. The normalized spacial score (nSPS) is 22.3. The number of hydrogen-bond acceptors (Lipinski definition) is 4. The van der Waals surface area contributed by atoms with Crippen LogP contribution in [0.3, 0.4) is 0 Å². The van der Waals surface area contributed by atoms with E-state index in [1.54, 1.807) is 26.0 Å². The van der Waals surface area contributed by atoms with Gasteiger partial charge in [0.15, 0.2) is 0 Å². The van der Waals surface area contributed by atoms with Crippen molar-refractivity contribution in [3.8, 4) is 5.75 Å². The van der Waals surface area contributed by atoms with Crippen LogP contribution in [0, 0.1) is 19.8 Å². The van der Waals surface area contributed by atoms with Crippen molar-refractivity contribution in [1.29, 1.82) is 0 Å². The van der Waals surface area contributed by atoms with E-state index in [4.69, 9.17) is 4.74 Å². The van der Waals surface area contributed by atoms with Crippen LogP contribution in [0.5, 0.6) is 5.75 Å². The van der Waals surface area contributed by atoms with Gasteiger partial charge in [0.1, 0.15) is 11.8 Å². The maximum Gasteiger partial charge on any atom is 0.322 e. The van der Waals surface area contributed by atoms with Gasteiger partial charge < -0.3 is 9.84 Å². The first kappa shape index (κ1) is 18.7. The molecule has 0 amide bonds. The lowest BCUT2D eigenvalue weighted by atomic mass is 9.90. The molecule has 1 heterocycles. The fraction of sp³-hybridized carbons (Fsp3) is 0.588. The summed E-state index contributed by atoms with van der Waals surface area (Å²) in [5, 5.41) is 9.51. The van der Waals surface area contributed by atoms with Gasteiger partial charge in [0.25, 0.3) is 0 Å². The van der Waals surface area contributed by atoms with E-state index in [1.165, 1.54) is 7.11 Å². The predicted octanol–water partition coefficient (Wildman–Crippen LogP) is 2.58. The number of carboxylic acids is 1. The smallest absolute Gasteiger partial charge is 0.322 e. The Morgan fingerprint density at radius 1 is 1.33 bits per heavy atom. The van der Waals surface area contributed by atoms with Crippen molar-refractivity contribution < 1.29 is 23.1 Å². The third kappa shape index (κ3) is 3.42. The quantitative estimate of drug-likeness (QED) is 0.877. The third-order valence-corrected chi connectivity index (χ3v) is 6.85. The van der Waals surface area contributed by atoms with Crippen LogP contribution in [0.1, 0.15) is 37.3 Å². The molecule has 0 bridgehead atoms. The van der Waals surface area contributed by atoms with E-state index in [-0.39, 0.29) is 17.4 Å². The minimum atomic E-state index is -3.87. The highest BCUT2D eigenvalue weighted by Gasteiger charge is 2.40. The van der Waals surface area contributed by atoms with Crippen molar-refractivity contribution in [1.82, 2.24) is 4.31 Å². The second kappa shape index (κ2) is 7.11. The minimum Gasteiger partial charge on any atom is -0.496 e. The molecule has 7 heteroatoms. The monoisotopic (exact) mass is 355 g/mol. The number of piperidine rings is 1. The van der Waals surface area contributed by atoms with Gasteiger partial charge in [-0.25, -0.2) is 8.42 Å². The molecule has 2 rings (SSSR count). The van der Waals surface area contributed by atoms with Gasteiger partial charge in [-0.3, -0.25) is 4.79 Å². The van der Waals surface area contributed by atoms with Crippen LogP contribution in [0.4, 0.5) is 0 Å². The fourth-order valence-electron chi connectivity index (χ4n) is 3.29. The van der Waals surface area contributed by atoms with Gasteiger partial charge in [0.05, 0.1) is 12.0 Å². The second-order valence-corrected chi connectivity index (χ2v) is 8.21. The SMILES string of the molecule is CC[C@@H]1CCN(S(=O)(=O)c2cc(C)c(OC)cc2C)[C@H](C(=O)O)C1. The minimum absolute atomic E-state index is 0.155. The third-order valence-electron chi connectivity index (χ3n) is 4.80. The number of nitrogens with zero attached hydrogens (tertiary/aromatic N) is 1. The van der Waals surface area contributed by atoms with Crippen molar-refractivity contribution in [2.45, 2.75) is 51.0 Å². The number of aryl methyl sites for hydroxylation is 2. The number of carbonyl (C=O) groups is 1. The van der Waals surface area contributed by atoms with E-state index >= 15 is 0 Å². The van der Waals surface area contributed by atoms with Gasteiger partial charge in [-0.15, -0.1) is 0 Å². The zero-order valence-electron chi connectivity index (χ0n) is 14.6. The molecule has 1 aromatic carbocycles. The van der Waals surface area contributed by atoms with Crippen LogP contribution in [-0.2, 0) is 14.8 Å². The maximum atomic E-state index is 13.1. The molecule has 0 spiro atoms. The number of aliphatic carboxylic acids is 1. The van der Waals surface area contributed by atoms with Crippen LogP contribution in [0.15, 0.2) is 17.0 Å². The lowest BCUT2D eigenvalue weighted by Crippen LogP contribution is -2.50. The maximum absolute atomic E-state index is 13.1. The molecule has 0 aliphatic carbocycles. The number of sulfonamides is 1. The summed E-state index contributed by atoms with van der Waals surface area (Å²) in [6, 6.07) is 2.24. The topological polar surface area (TPSA) is 83.9 Å². The van der Waals surface area contributed by atoms with Crippen molar-refractivity contribution >= 4 is 16.0 Å². The Bertz CT molecular complexity index is 729. The lowest BCUT2D eigenvalue weighted by molar-refractivity contribution is -0.143. The summed E-state index contributed by atoms with van der Waals surface area (Å²) in [4.78, 5) is 11.8. The molecule has 2 atom stereocenters. The Labute approximate surface area is 143 Å². The van der Waals surface area contributed by atoms with E-state index < -0.39 is 22.0 Å². The number of methoxy groups -OCH3 is 1. The number of rotatable bonds is 5.